The second kappa shape index (κ2) is 5.67. The van der Waals surface area contributed by atoms with Gasteiger partial charge in [0.1, 0.15) is 11.6 Å². The molecular weight excluding hydrogens is 257 g/mol. The van der Waals surface area contributed by atoms with Crippen LogP contribution < -0.4 is 10.1 Å². The predicted molar refractivity (Wildman–Crippen MR) is 67.9 cm³/mol. The molecule has 1 aliphatic rings. The summed E-state index contributed by atoms with van der Waals surface area (Å²) in [7, 11) is 1.66. The van der Waals surface area contributed by atoms with Crippen molar-refractivity contribution in [1.82, 2.24) is 5.32 Å². The molecule has 0 amide bonds. The lowest BCUT2D eigenvalue weighted by atomic mass is 10.1. The molecule has 1 aromatic rings. The van der Waals surface area contributed by atoms with Crippen LogP contribution in [0.2, 0.25) is 5.02 Å². The molecule has 1 aromatic carbocycles. The molecule has 2 rings (SSSR count). The maximum absolute atomic E-state index is 13.3. The Labute approximate surface area is 110 Å². The fourth-order valence-electron chi connectivity index (χ4n) is 1.66. The minimum Gasteiger partial charge on any atom is -0.491 e. The molecular formula is C13H15ClFNO2. The lowest BCUT2D eigenvalue weighted by molar-refractivity contribution is 0.0989. The van der Waals surface area contributed by atoms with E-state index in [0.29, 0.717) is 18.3 Å². The molecule has 0 heterocycles. The van der Waals surface area contributed by atoms with E-state index in [9.17, 15) is 9.18 Å². The van der Waals surface area contributed by atoms with Gasteiger partial charge in [-0.3, -0.25) is 4.79 Å². The van der Waals surface area contributed by atoms with Crippen molar-refractivity contribution in [1.29, 1.82) is 0 Å². The van der Waals surface area contributed by atoms with Gasteiger partial charge in [0.2, 0.25) is 0 Å². The van der Waals surface area contributed by atoms with Crippen molar-refractivity contribution < 1.29 is 13.9 Å². The summed E-state index contributed by atoms with van der Waals surface area (Å²) in [5.74, 6) is 0.0755. The van der Waals surface area contributed by atoms with Crippen LogP contribution in [0.5, 0.6) is 5.75 Å². The summed E-state index contributed by atoms with van der Waals surface area (Å²) in [6.07, 6.45) is 2.28. The van der Waals surface area contributed by atoms with E-state index in [1.54, 1.807) is 7.05 Å². The molecule has 1 aliphatic carbocycles. The van der Waals surface area contributed by atoms with Crippen molar-refractivity contribution in [3.8, 4) is 5.75 Å². The number of halogens is 2. The summed E-state index contributed by atoms with van der Waals surface area (Å²) < 4.78 is 18.9. The van der Waals surface area contributed by atoms with Gasteiger partial charge < -0.3 is 10.1 Å². The van der Waals surface area contributed by atoms with E-state index in [0.717, 1.165) is 12.8 Å². The first kappa shape index (κ1) is 13.3. The SMILES string of the molecule is CNCC(=O)c1cc(F)cc(Cl)c1OCC1CC1. The van der Waals surface area contributed by atoms with E-state index >= 15 is 0 Å². The molecule has 5 heteroatoms. The molecule has 0 spiro atoms. The van der Waals surface area contributed by atoms with Gasteiger partial charge in [0.25, 0.3) is 0 Å². The van der Waals surface area contributed by atoms with E-state index in [1.807, 2.05) is 0 Å². The highest BCUT2D eigenvalue weighted by Crippen LogP contribution is 2.34. The summed E-state index contributed by atoms with van der Waals surface area (Å²) in [6, 6.07) is 2.34. The number of ketones is 1. The maximum Gasteiger partial charge on any atom is 0.180 e. The number of benzene rings is 1. The van der Waals surface area contributed by atoms with Crippen LogP contribution >= 0.6 is 11.6 Å². The summed E-state index contributed by atoms with van der Waals surface area (Å²) in [5.41, 5.74) is 0.204. The Balaban J connectivity index is 2.24. The number of likely N-dealkylation sites (N-methyl/N-ethyl adjacent to an activating group) is 1. The largest absolute Gasteiger partial charge is 0.491 e. The first-order valence-electron chi connectivity index (χ1n) is 5.91. The zero-order valence-corrected chi connectivity index (χ0v) is 10.9. The molecule has 98 valence electrons. The molecule has 0 aromatic heterocycles. The fraction of sp³-hybridized carbons (Fsp3) is 0.462. The van der Waals surface area contributed by atoms with Crippen LogP contribution in [-0.4, -0.2) is 26.0 Å². The fourth-order valence-corrected chi connectivity index (χ4v) is 1.92. The van der Waals surface area contributed by atoms with E-state index in [-0.39, 0.29) is 22.9 Å². The molecule has 0 radical (unpaired) electrons. The second-order valence-electron chi connectivity index (χ2n) is 4.47. The van der Waals surface area contributed by atoms with Crippen molar-refractivity contribution in [2.45, 2.75) is 12.8 Å². The van der Waals surface area contributed by atoms with Crippen LogP contribution in [0, 0.1) is 11.7 Å². The Hall–Kier alpha value is -1.13. The highest BCUT2D eigenvalue weighted by Gasteiger charge is 2.24. The van der Waals surface area contributed by atoms with Crippen molar-refractivity contribution in [2.24, 2.45) is 5.92 Å². The third-order valence-corrected chi connectivity index (χ3v) is 3.09. The van der Waals surface area contributed by atoms with Crippen molar-refractivity contribution in [2.75, 3.05) is 20.2 Å². The van der Waals surface area contributed by atoms with Crippen molar-refractivity contribution in [3.63, 3.8) is 0 Å². The molecule has 1 fully saturated rings. The number of ether oxygens (including phenoxy) is 1. The van der Waals surface area contributed by atoms with Gasteiger partial charge in [0, 0.05) is 0 Å². The Morgan fingerprint density at radius 2 is 2.28 bits per heavy atom. The van der Waals surface area contributed by atoms with Gasteiger partial charge in [-0.15, -0.1) is 0 Å². The van der Waals surface area contributed by atoms with Gasteiger partial charge in [0.05, 0.1) is 23.7 Å². The molecule has 1 saturated carbocycles. The van der Waals surface area contributed by atoms with E-state index in [1.165, 1.54) is 12.1 Å². The summed E-state index contributed by atoms with van der Waals surface area (Å²) in [4.78, 5) is 11.9. The molecule has 0 atom stereocenters. The lowest BCUT2D eigenvalue weighted by Crippen LogP contribution is -2.20. The number of rotatable bonds is 6. The van der Waals surface area contributed by atoms with Crippen LogP contribution in [0.1, 0.15) is 23.2 Å². The van der Waals surface area contributed by atoms with Gasteiger partial charge in [-0.2, -0.15) is 0 Å². The number of carbonyl (C=O) groups is 1. The summed E-state index contributed by atoms with van der Waals surface area (Å²) in [6.45, 7) is 0.657. The second-order valence-corrected chi connectivity index (χ2v) is 4.88. The quantitative estimate of drug-likeness (QED) is 0.809. The Morgan fingerprint density at radius 3 is 2.89 bits per heavy atom. The Bertz CT molecular complexity index is 461. The average Bonchev–Trinajstić information content (AvgIpc) is 3.11. The summed E-state index contributed by atoms with van der Waals surface area (Å²) >= 11 is 5.95. The minimum atomic E-state index is -0.529. The number of hydrogen-bond donors (Lipinski definition) is 1. The molecule has 0 bridgehead atoms. The van der Waals surface area contributed by atoms with Gasteiger partial charge in [-0.05, 0) is 37.9 Å². The molecule has 18 heavy (non-hydrogen) atoms. The first-order valence-corrected chi connectivity index (χ1v) is 6.29. The van der Waals surface area contributed by atoms with Gasteiger partial charge in [0.15, 0.2) is 5.78 Å². The number of nitrogens with one attached hydrogen (secondary N) is 1. The van der Waals surface area contributed by atoms with Gasteiger partial charge >= 0.3 is 0 Å². The number of hydrogen-bond acceptors (Lipinski definition) is 3. The Morgan fingerprint density at radius 1 is 1.56 bits per heavy atom. The molecule has 0 aliphatic heterocycles. The summed E-state index contributed by atoms with van der Waals surface area (Å²) in [5, 5.41) is 2.89. The average molecular weight is 272 g/mol. The smallest absolute Gasteiger partial charge is 0.180 e. The Kier molecular flexibility index (Phi) is 4.19. The molecule has 1 N–H and O–H groups in total. The minimum absolute atomic E-state index is 0.125. The third-order valence-electron chi connectivity index (χ3n) is 2.81. The van der Waals surface area contributed by atoms with Crippen LogP contribution in [0.25, 0.3) is 0 Å². The van der Waals surface area contributed by atoms with Crippen LogP contribution in [0.15, 0.2) is 12.1 Å². The highest BCUT2D eigenvalue weighted by molar-refractivity contribution is 6.32. The lowest BCUT2D eigenvalue weighted by Gasteiger charge is -2.12. The van der Waals surface area contributed by atoms with Crippen molar-refractivity contribution in [3.05, 3.63) is 28.5 Å². The first-order chi connectivity index (χ1) is 8.61. The van der Waals surface area contributed by atoms with Crippen LogP contribution in [0.4, 0.5) is 4.39 Å². The highest BCUT2D eigenvalue weighted by atomic mass is 35.5. The topological polar surface area (TPSA) is 38.3 Å². The standard InChI is InChI=1S/C13H15ClFNO2/c1-16-6-12(17)10-4-9(15)5-11(14)13(10)18-7-8-2-3-8/h4-5,8,16H,2-3,6-7H2,1H3. The predicted octanol–water partition coefficient (Wildman–Crippen LogP) is 2.67. The maximum atomic E-state index is 13.3. The van der Waals surface area contributed by atoms with Crippen LogP contribution in [0.3, 0.4) is 0 Å². The number of carbonyl (C=O) groups excluding carboxylic acids is 1. The zero-order valence-electron chi connectivity index (χ0n) is 10.1. The van der Waals surface area contributed by atoms with Crippen LogP contribution in [-0.2, 0) is 0 Å². The third kappa shape index (κ3) is 3.21. The van der Waals surface area contributed by atoms with E-state index in [2.05, 4.69) is 5.32 Å². The zero-order chi connectivity index (χ0) is 13.1. The van der Waals surface area contributed by atoms with Gasteiger partial charge in [-0.1, -0.05) is 11.6 Å². The number of Topliss-reactive ketones (excluding diaryl/α,β-unsaturated/α-hetero) is 1. The van der Waals surface area contributed by atoms with E-state index in [4.69, 9.17) is 16.3 Å². The van der Waals surface area contributed by atoms with Gasteiger partial charge in [-0.25, -0.2) is 4.39 Å². The monoisotopic (exact) mass is 271 g/mol. The van der Waals surface area contributed by atoms with E-state index < -0.39 is 5.82 Å². The molecule has 3 nitrogen and oxygen atoms in total. The molecule has 0 saturated heterocycles. The molecule has 0 unspecified atom stereocenters. The van der Waals surface area contributed by atoms with Crippen molar-refractivity contribution >= 4 is 17.4 Å². The normalized spacial score (nSPS) is 14.6.